The zero-order valence-electron chi connectivity index (χ0n) is 16.0. The van der Waals surface area contributed by atoms with E-state index in [1.54, 1.807) is 32.0 Å². The van der Waals surface area contributed by atoms with Crippen molar-refractivity contribution in [2.45, 2.75) is 33.6 Å². The van der Waals surface area contributed by atoms with Crippen molar-refractivity contribution < 1.29 is 29.3 Å². The van der Waals surface area contributed by atoms with Gasteiger partial charge >= 0.3 is 5.97 Å². The van der Waals surface area contributed by atoms with E-state index in [-0.39, 0.29) is 46.0 Å². The third kappa shape index (κ3) is 4.95. The lowest BCUT2D eigenvalue weighted by Gasteiger charge is -2.08. The summed E-state index contributed by atoms with van der Waals surface area (Å²) in [5.41, 5.74) is 0.243. The predicted octanol–water partition coefficient (Wildman–Crippen LogP) is 3.98. The molecule has 0 saturated carbocycles. The normalized spacial score (nSPS) is 16.7. The van der Waals surface area contributed by atoms with Crippen molar-refractivity contribution in [2.24, 2.45) is 4.99 Å². The Kier molecular flexibility index (Phi) is 7.69. The second kappa shape index (κ2) is 9.98. The zero-order valence-corrected chi connectivity index (χ0v) is 16.8. The van der Waals surface area contributed by atoms with Crippen molar-refractivity contribution in [3.05, 3.63) is 40.0 Å². The van der Waals surface area contributed by atoms with Gasteiger partial charge in [0.2, 0.25) is 5.91 Å². The average molecular weight is 405 g/mol. The summed E-state index contributed by atoms with van der Waals surface area (Å²) in [6, 6.07) is 4.96. The van der Waals surface area contributed by atoms with Crippen LogP contribution in [0.15, 0.2) is 39.4 Å². The maximum Gasteiger partial charge on any atom is 0.344 e. The number of carbonyl (C=O) groups is 2. The standard InChI is InChI=1S/C20H23NO6S/c1-4-8-15(22)21-19-16(20(25)27-6-3)18(24)14(28-19)11-12-9-7-10-13(17(12)23)26-5-2/h7,9-11,23-24H,4-6,8H2,1-3H3/b14-11-,21-19?. The SMILES string of the molecule is CCCC(=O)N=C1S/C(=C\c2cccc(OCC)c2O)C(O)=C1C(=O)OCC. The van der Waals surface area contributed by atoms with Gasteiger partial charge in [-0.3, -0.25) is 4.79 Å². The lowest BCUT2D eigenvalue weighted by molar-refractivity contribution is -0.138. The molecule has 7 nitrogen and oxygen atoms in total. The minimum absolute atomic E-state index is 0.0844. The van der Waals surface area contributed by atoms with Crippen LogP contribution in [0.4, 0.5) is 0 Å². The van der Waals surface area contributed by atoms with Crippen molar-refractivity contribution in [1.29, 1.82) is 0 Å². The van der Waals surface area contributed by atoms with Gasteiger partial charge in [-0.2, -0.15) is 0 Å². The zero-order chi connectivity index (χ0) is 20.7. The summed E-state index contributed by atoms with van der Waals surface area (Å²) in [6.45, 7) is 5.79. The number of thioether (sulfide) groups is 1. The number of aromatic hydroxyl groups is 1. The highest BCUT2D eigenvalue weighted by Crippen LogP contribution is 2.41. The molecule has 0 aromatic heterocycles. The molecule has 0 fully saturated rings. The van der Waals surface area contributed by atoms with Gasteiger partial charge in [0, 0.05) is 12.0 Å². The van der Waals surface area contributed by atoms with E-state index in [4.69, 9.17) is 9.47 Å². The summed E-state index contributed by atoms with van der Waals surface area (Å²) in [7, 11) is 0. The number of phenolic OH excluding ortho intramolecular Hbond substituents is 1. The Morgan fingerprint density at radius 1 is 1.18 bits per heavy atom. The number of hydrogen-bond donors (Lipinski definition) is 2. The molecule has 1 heterocycles. The third-order valence-electron chi connectivity index (χ3n) is 3.68. The molecule has 0 atom stereocenters. The molecule has 0 saturated heterocycles. The van der Waals surface area contributed by atoms with Crippen LogP contribution in [0.1, 0.15) is 39.2 Å². The van der Waals surface area contributed by atoms with Crippen molar-refractivity contribution in [3.8, 4) is 11.5 Å². The largest absolute Gasteiger partial charge is 0.506 e. The highest BCUT2D eigenvalue weighted by atomic mass is 32.2. The number of esters is 1. The first-order valence-corrected chi connectivity index (χ1v) is 9.81. The average Bonchev–Trinajstić information content (AvgIpc) is 2.94. The van der Waals surface area contributed by atoms with Gasteiger partial charge in [-0.1, -0.05) is 30.8 Å². The van der Waals surface area contributed by atoms with Gasteiger partial charge in [-0.15, -0.1) is 0 Å². The molecule has 8 heteroatoms. The van der Waals surface area contributed by atoms with E-state index < -0.39 is 5.97 Å². The van der Waals surface area contributed by atoms with Crippen LogP contribution in [-0.2, 0) is 14.3 Å². The molecular weight excluding hydrogens is 382 g/mol. The van der Waals surface area contributed by atoms with Crippen LogP contribution in [0.2, 0.25) is 0 Å². The van der Waals surface area contributed by atoms with Crippen LogP contribution in [0.3, 0.4) is 0 Å². The number of aliphatic hydroxyl groups is 1. The van der Waals surface area contributed by atoms with Crippen LogP contribution >= 0.6 is 11.8 Å². The molecule has 1 aliphatic heterocycles. The summed E-state index contributed by atoms with van der Waals surface area (Å²) >= 11 is 0.971. The molecule has 1 aromatic carbocycles. The molecule has 0 radical (unpaired) electrons. The minimum Gasteiger partial charge on any atom is -0.506 e. The van der Waals surface area contributed by atoms with Gasteiger partial charge < -0.3 is 19.7 Å². The molecular formula is C20H23NO6S. The monoisotopic (exact) mass is 405 g/mol. The van der Waals surface area contributed by atoms with Crippen LogP contribution in [0.5, 0.6) is 11.5 Å². The van der Waals surface area contributed by atoms with Crippen LogP contribution in [0, 0.1) is 0 Å². The molecule has 0 bridgehead atoms. The maximum absolute atomic E-state index is 12.3. The smallest absolute Gasteiger partial charge is 0.344 e. The van der Waals surface area contributed by atoms with Crippen molar-refractivity contribution in [1.82, 2.24) is 0 Å². The quantitative estimate of drug-likeness (QED) is 0.661. The van der Waals surface area contributed by atoms with E-state index in [1.165, 1.54) is 6.08 Å². The first-order chi connectivity index (χ1) is 13.4. The summed E-state index contributed by atoms with van der Waals surface area (Å²) in [5, 5.41) is 21.0. The highest BCUT2D eigenvalue weighted by molar-refractivity contribution is 8.18. The number of amides is 1. The molecule has 150 valence electrons. The number of phenols is 1. The highest BCUT2D eigenvalue weighted by Gasteiger charge is 2.34. The van der Waals surface area contributed by atoms with E-state index in [0.29, 0.717) is 24.3 Å². The molecule has 28 heavy (non-hydrogen) atoms. The number of hydrogen-bond acceptors (Lipinski definition) is 7. The van der Waals surface area contributed by atoms with Gasteiger partial charge in [-0.25, -0.2) is 9.79 Å². The Morgan fingerprint density at radius 2 is 1.93 bits per heavy atom. The Morgan fingerprint density at radius 3 is 2.57 bits per heavy atom. The first kappa shape index (κ1) is 21.6. The molecule has 0 aliphatic carbocycles. The number of para-hydroxylation sites is 1. The fraction of sp³-hybridized carbons (Fsp3) is 0.350. The molecule has 2 rings (SSSR count). The molecule has 1 aliphatic rings. The molecule has 1 aromatic rings. The number of nitrogens with zero attached hydrogens (tertiary/aromatic N) is 1. The van der Waals surface area contributed by atoms with Gasteiger partial charge in [0.15, 0.2) is 11.5 Å². The molecule has 1 amide bonds. The Hall–Kier alpha value is -2.74. The number of aliphatic hydroxyl groups excluding tert-OH is 1. The van der Waals surface area contributed by atoms with E-state index in [2.05, 4.69) is 4.99 Å². The fourth-order valence-electron chi connectivity index (χ4n) is 2.44. The number of carbonyl (C=O) groups excluding carboxylic acids is 2. The Bertz CT molecular complexity index is 856. The van der Waals surface area contributed by atoms with Gasteiger partial charge in [0.1, 0.15) is 16.4 Å². The maximum atomic E-state index is 12.3. The number of aliphatic imine (C=N–C) groups is 1. The van der Waals surface area contributed by atoms with Crippen molar-refractivity contribution >= 4 is 34.8 Å². The van der Waals surface area contributed by atoms with E-state index in [9.17, 15) is 19.8 Å². The minimum atomic E-state index is -0.758. The van der Waals surface area contributed by atoms with E-state index in [1.807, 2.05) is 6.92 Å². The van der Waals surface area contributed by atoms with Crippen molar-refractivity contribution in [3.63, 3.8) is 0 Å². The lowest BCUT2D eigenvalue weighted by atomic mass is 10.1. The van der Waals surface area contributed by atoms with E-state index >= 15 is 0 Å². The van der Waals surface area contributed by atoms with E-state index in [0.717, 1.165) is 11.8 Å². The van der Waals surface area contributed by atoms with Crippen LogP contribution < -0.4 is 4.74 Å². The first-order valence-electron chi connectivity index (χ1n) is 8.99. The number of rotatable bonds is 7. The van der Waals surface area contributed by atoms with Gasteiger partial charge in [-0.05, 0) is 32.4 Å². The summed E-state index contributed by atoms with van der Waals surface area (Å²) in [6.07, 6.45) is 2.35. The number of benzene rings is 1. The van der Waals surface area contributed by atoms with Crippen molar-refractivity contribution in [2.75, 3.05) is 13.2 Å². The second-order valence-corrected chi connectivity index (χ2v) is 6.77. The molecule has 2 N–H and O–H groups in total. The van der Waals surface area contributed by atoms with Crippen LogP contribution in [-0.4, -0.2) is 40.3 Å². The number of ether oxygens (including phenoxy) is 2. The topological polar surface area (TPSA) is 105 Å². The fourth-order valence-corrected chi connectivity index (χ4v) is 3.47. The Balaban J connectivity index is 2.48. The molecule has 0 unspecified atom stereocenters. The van der Waals surface area contributed by atoms with Gasteiger partial charge in [0.05, 0.1) is 18.1 Å². The summed E-state index contributed by atoms with van der Waals surface area (Å²) in [5.74, 6) is -1.27. The summed E-state index contributed by atoms with van der Waals surface area (Å²) in [4.78, 5) is 28.4. The third-order valence-corrected chi connectivity index (χ3v) is 4.70. The molecule has 0 spiro atoms. The Labute approximate surface area is 167 Å². The second-order valence-electron chi connectivity index (χ2n) is 5.74. The van der Waals surface area contributed by atoms with Gasteiger partial charge in [0.25, 0.3) is 0 Å². The van der Waals surface area contributed by atoms with Crippen LogP contribution in [0.25, 0.3) is 6.08 Å². The predicted molar refractivity (Wildman–Crippen MR) is 108 cm³/mol. The lowest BCUT2D eigenvalue weighted by Crippen LogP contribution is -2.14. The summed E-state index contributed by atoms with van der Waals surface area (Å²) < 4.78 is 10.3.